The molecule has 1 N–H and O–H groups in total. The summed E-state index contributed by atoms with van der Waals surface area (Å²) in [6.45, 7) is 1.65. The minimum atomic E-state index is -0.572. The lowest BCUT2D eigenvalue weighted by Gasteiger charge is -2.07. The number of anilines is 1. The van der Waals surface area contributed by atoms with Crippen LogP contribution in [0, 0.1) is 17.0 Å². The standard InChI is InChI=1S/C14H11ClN2O4/c1-9-7-13(17(19)20)11(15)8-12(9)16-14(18)5-4-10-3-2-6-21-10/h2-8H,1H3,(H,16,18)/b5-4+. The Hall–Kier alpha value is -2.60. The van der Waals surface area contributed by atoms with Crippen LogP contribution in [0.15, 0.2) is 41.0 Å². The molecule has 0 aliphatic heterocycles. The maximum atomic E-state index is 11.8. The summed E-state index contributed by atoms with van der Waals surface area (Å²) in [6, 6.07) is 6.08. The van der Waals surface area contributed by atoms with Gasteiger partial charge in [0.1, 0.15) is 10.8 Å². The first kappa shape index (κ1) is 14.8. The van der Waals surface area contributed by atoms with Gasteiger partial charge in [-0.2, -0.15) is 0 Å². The average Bonchev–Trinajstić information content (AvgIpc) is 2.93. The van der Waals surface area contributed by atoms with Crippen LogP contribution in [0.2, 0.25) is 5.02 Å². The fourth-order valence-electron chi connectivity index (χ4n) is 1.66. The number of nitro groups is 1. The van der Waals surface area contributed by atoms with Crippen molar-refractivity contribution in [3.05, 3.63) is 63.1 Å². The van der Waals surface area contributed by atoms with Crippen molar-refractivity contribution in [2.45, 2.75) is 6.92 Å². The third kappa shape index (κ3) is 3.70. The lowest BCUT2D eigenvalue weighted by atomic mass is 10.1. The van der Waals surface area contributed by atoms with Crippen LogP contribution >= 0.6 is 11.6 Å². The highest BCUT2D eigenvalue weighted by Crippen LogP contribution is 2.30. The second kappa shape index (κ2) is 6.23. The van der Waals surface area contributed by atoms with Crippen LogP contribution in [0.3, 0.4) is 0 Å². The van der Waals surface area contributed by atoms with Gasteiger partial charge in [0.05, 0.1) is 11.2 Å². The van der Waals surface area contributed by atoms with E-state index in [-0.39, 0.29) is 16.6 Å². The van der Waals surface area contributed by atoms with E-state index in [0.717, 1.165) is 0 Å². The van der Waals surface area contributed by atoms with E-state index >= 15 is 0 Å². The summed E-state index contributed by atoms with van der Waals surface area (Å²) < 4.78 is 5.06. The molecule has 1 amide bonds. The Bertz CT molecular complexity index is 708. The van der Waals surface area contributed by atoms with Gasteiger partial charge in [0.25, 0.3) is 5.69 Å². The first-order valence-corrected chi connectivity index (χ1v) is 6.32. The first-order valence-electron chi connectivity index (χ1n) is 5.94. The van der Waals surface area contributed by atoms with E-state index < -0.39 is 4.92 Å². The van der Waals surface area contributed by atoms with Crippen molar-refractivity contribution in [3.63, 3.8) is 0 Å². The zero-order valence-electron chi connectivity index (χ0n) is 11.0. The summed E-state index contributed by atoms with van der Waals surface area (Å²) in [5.74, 6) is 0.156. The Morgan fingerprint density at radius 1 is 1.48 bits per heavy atom. The molecule has 0 unspecified atom stereocenters. The fraction of sp³-hybridized carbons (Fsp3) is 0.0714. The van der Waals surface area contributed by atoms with Gasteiger partial charge in [-0.05, 0) is 36.8 Å². The van der Waals surface area contributed by atoms with Gasteiger partial charge in [0.2, 0.25) is 5.91 Å². The summed E-state index contributed by atoms with van der Waals surface area (Å²) in [4.78, 5) is 22.0. The van der Waals surface area contributed by atoms with Gasteiger partial charge in [-0.3, -0.25) is 14.9 Å². The number of hydrogen-bond donors (Lipinski definition) is 1. The number of carbonyl (C=O) groups is 1. The van der Waals surface area contributed by atoms with E-state index in [0.29, 0.717) is 17.0 Å². The maximum Gasteiger partial charge on any atom is 0.288 e. The molecule has 1 aromatic carbocycles. The number of rotatable bonds is 4. The van der Waals surface area contributed by atoms with E-state index in [1.807, 2.05) is 0 Å². The van der Waals surface area contributed by atoms with Crippen molar-refractivity contribution in [1.82, 2.24) is 0 Å². The number of amides is 1. The molecule has 21 heavy (non-hydrogen) atoms. The minimum Gasteiger partial charge on any atom is -0.465 e. The third-order valence-electron chi connectivity index (χ3n) is 2.69. The molecule has 0 fully saturated rings. The van der Waals surface area contributed by atoms with Gasteiger partial charge in [-0.15, -0.1) is 0 Å². The van der Waals surface area contributed by atoms with Crippen LogP contribution in [0.5, 0.6) is 0 Å². The molecule has 0 saturated heterocycles. The Morgan fingerprint density at radius 2 is 2.24 bits per heavy atom. The van der Waals surface area contributed by atoms with Gasteiger partial charge < -0.3 is 9.73 Å². The Balaban J connectivity index is 2.14. The van der Waals surface area contributed by atoms with Crippen LogP contribution in [-0.4, -0.2) is 10.8 Å². The van der Waals surface area contributed by atoms with Crippen molar-refractivity contribution in [1.29, 1.82) is 0 Å². The summed E-state index contributed by atoms with van der Waals surface area (Å²) in [7, 11) is 0. The van der Waals surface area contributed by atoms with Crippen LogP contribution < -0.4 is 5.32 Å². The second-order valence-electron chi connectivity index (χ2n) is 4.21. The predicted octanol–water partition coefficient (Wildman–Crippen LogP) is 3.80. The molecule has 0 spiro atoms. The summed E-state index contributed by atoms with van der Waals surface area (Å²) in [5, 5.41) is 13.3. The minimum absolute atomic E-state index is 0.0316. The molecule has 0 saturated carbocycles. The molecule has 0 atom stereocenters. The summed E-state index contributed by atoms with van der Waals surface area (Å²) in [6.07, 6.45) is 4.31. The largest absolute Gasteiger partial charge is 0.465 e. The quantitative estimate of drug-likeness (QED) is 0.529. The van der Waals surface area contributed by atoms with Gasteiger partial charge in [-0.25, -0.2) is 0 Å². The molecule has 7 heteroatoms. The number of furan rings is 1. The number of carbonyl (C=O) groups excluding carboxylic acids is 1. The van der Waals surface area contributed by atoms with Gasteiger partial charge in [0, 0.05) is 17.8 Å². The van der Waals surface area contributed by atoms with E-state index in [9.17, 15) is 14.9 Å². The van der Waals surface area contributed by atoms with Crippen LogP contribution in [0.4, 0.5) is 11.4 Å². The SMILES string of the molecule is Cc1cc([N+](=O)[O-])c(Cl)cc1NC(=O)/C=C/c1ccco1. The summed E-state index contributed by atoms with van der Waals surface area (Å²) in [5.41, 5.74) is 0.767. The number of hydrogen-bond acceptors (Lipinski definition) is 4. The number of nitrogens with zero attached hydrogens (tertiary/aromatic N) is 1. The number of nitro benzene ring substituents is 1. The highest BCUT2D eigenvalue weighted by Gasteiger charge is 2.15. The van der Waals surface area contributed by atoms with Gasteiger partial charge in [-0.1, -0.05) is 11.6 Å². The van der Waals surface area contributed by atoms with Crippen molar-refractivity contribution in [3.8, 4) is 0 Å². The first-order chi connectivity index (χ1) is 9.97. The average molecular weight is 307 g/mol. The molecule has 1 aromatic heterocycles. The molecular formula is C14H11ClN2O4. The molecule has 2 rings (SSSR count). The number of nitrogens with one attached hydrogen (secondary N) is 1. The maximum absolute atomic E-state index is 11.8. The van der Waals surface area contributed by atoms with Crippen LogP contribution in [0.25, 0.3) is 6.08 Å². The molecule has 1 heterocycles. The third-order valence-corrected chi connectivity index (χ3v) is 2.99. The normalized spacial score (nSPS) is 10.8. The van der Waals surface area contributed by atoms with E-state index in [1.54, 1.807) is 19.1 Å². The van der Waals surface area contributed by atoms with Crippen molar-refractivity contribution in [2.75, 3.05) is 5.32 Å². The van der Waals surface area contributed by atoms with E-state index in [1.165, 1.54) is 30.5 Å². The zero-order chi connectivity index (χ0) is 15.4. The molecule has 108 valence electrons. The lowest BCUT2D eigenvalue weighted by molar-refractivity contribution is -0.384. The second-order valence-corrected chi connectivity index (χ2v) is 4.62. The highest BCUT2D eigenvalue weighted by atomic mass is 35.5. The predicted molar refractivity (Wildman–Crippen MR) is 79.2 cm³/mol. The van der Waals surface area contributed by atoms with Crippen LogP contribution in [0.1, 0.15) is 11.3 Å². The highest BCUT2D eigenvalue weighted by molar-refractivity contribution is 6.33. The van der Waals surface area contributed by atoms with E-state index in [4.69, 9.17) is 16.0 Å². The monoisotopic (exact) mass is 306 g/mol. The van der Waals surface area contributed by atoms with Crippen molar-refractivity contribution in [2.24, 2.45) is 0 Å². The molecule has 0 aliphatic carbocycles. The zero-order valence-corrected chi connectivity index (χ0v) is 11.8. The van der Waals surface area contributed by atoms with Crippen molar-refractivity contribution >= 4 is 35.0 Å². The van der Waals surface area contributed by atoms with Gasteiger partial charge in [0.15, 0.2) is 0 Å². The lowest BCUT2D eigenvalue weighted by Crippen LogP contribution is -2.09. The van der Waals surface area contributed by atoms with Crippen LogP contribution in [-0.2, 0) is 4.79 Å². The molecule has 2 aromatic rings. The Labute approximate surface area is 125 Å². The molecule has 0 radical (unpaired) electrons. The Kier molecular flexibility index (Phi) is 4.39. The molecule has 6 nitrogen and oxygen atoms in total. The summed E-state index contributed by atoms with van der Waals surface area (Å²) >= 11 is 5.81. The number of halogens is 1. The van der Waals surface area contributed by atoms with E-state index in [2.05, 4.69) is 5.32 Å². The Morgan fingerprint density at radius 3 is 2.86 bits per heavy atom. The molecule has 0 aliphatic rings. The smallest absolute Gasteiger partial charge is 0.288 e. The van der Waals surface area contributed by atoms with Crippen molar-refractivity contribution < 1.29 is 14.1 Å². The topological polar surface area (TPSA) is 85.4 Å². The molecular weight excluding hydrogens is 296 g/mol. The van der Waals surface area contributed by atoms with Gasteiger partial charge >= 0.3 is 0 Å². The number of aryl methyl sites for hydroxylation is 1. The molecule has 0 bridgehead atoms. The fourth-order valence-corrected chi connectivity index (χ4v) is 1.89. The number of benzene rings is 1.